The van der Waals surface area contributed by atoms with Gasteiger partial charge in [0, 0.05) is 17.3 Å². The molecule has 1 aromatic rings. The molecule has 1 aromatic heterocycles. The monoisotopic (exact) mass is 245 g/mol. The molecule has 1 atom stereocenters. The summed E-state index contributed by atoms with van der Waals surface area (Å²) in [4.78, 5) is 0. The summed E-state index contributed by atoms with van der Waals surface area (Å²) in [6.07, 6.45) is -0.175. The van der Waals surface area contributed by atoms with Crippen LogP contribution in [0.3, 0.4) is 0 Å². The lowest BCUT2D eigenvalue weighted by molar-refractivity contribution is 0.120. The Hall–Kier alpha value is -0.970. The molecule has 0 bridgehead atoms. The Balaban J connectivity index is 3.20. The van der Waals surface area contributed by atoms with Crippen molar-refractivity contribution in [1.82, 2.24) is 9.78 Å². The number of nitrogens with zero attached hydrogens (tertiary/aromatic N) is 2. The van der Waals surface area contributed by atoms with Crippen LogP contribution in [0.15, 0.2) is 0 Å². The number of aromatic nitrogens is 2. The Labute approximate surface area is 101 Å². The van der Waals surface area contributed by atoms with Crippen LogP contribution in [0.25, 0.3) is 0 Å². The van der Waals surface area contributed by atoms with Crippen LogP contribution in [0.1, 0.15) is 50.2 Å². The highest BCUT2D eigenvalue weighted by molar-refractivity contribution is 5.30. The van der Waals surface area contributed by atoms with E-state index in [-0.39, 0.29) is 12.6 Å². The summed E-state index contributed by atoms with van der Waals surface area (Å²) < 4.78 is 26.4. The molecule has 1 unspecified atom stereocenters. The fraction of sp³-hybridized carbons (Fsp3) is 0.750. The van der Waals surface area contributed by atoms with Gasteiger partial charge in [0.2, 0.25) is 0 Å². The van der Waals surface area contributed by atoms with Crippen molar-refractivity contribution in [3.8, 4) is 0 Å². The van der Waals surface area contributed by atoms with Crippen molar-refractivity contribution < 1.29 is 8.78 Å². The maximum atomic E-state index is 12.5. The van der Waals surface area contributed by atoms with E-state index in [1.807, 2.05) is 20.8 Å². The topological polar surface area (TPSA) is 43.8 Å². The minimum atomic E-state index is -2.38. The van der Waals surface area contributed by atoms with Crippen molar-refractivity contribution in [3.63, 3.8) is 0 Å². The van der Waals surface area contributed by atoms with Crippen LogP contribution in [0.2, 0.25) is 0 Å². The van der Waals surface area contributed by atoms with Gasteiger partial charge in [0.25, 0.3) is 6.43 Å². The number of hydrogen-bond acceptors (Lipinski definition) is 2. The second kappa shape index (κ2) is 6.10. The predicted octanol–water partition coefficient (Wildman–Crippen LogP) is 2.68. The van der Waals surface area contributed by atoms with Gasteiger partial charge >= 0.3 is 0 Å². The van der Waals surface area contributed by atoms with E-state index >= 15 is 0 Å². The van der Waals surface area contributed by atoms with Crippen LogP contribution in [0, 0.1) is 0 Å². The van der Waals surface area contributed by atoms with E-state index in [1.165, 1.54) is 4.68 Å². The molecule has 0 saturated carbocycles. The molecule has 1 rings (SSSR count). The molecule has 0 saturated heterocycles. The molecule has 98 valence electrons. The van der Waals surface area contributed by atoms with Crippen LogP contribution in [0.4, 0.5) is 8.78 Å². The van der Waals surface area contributed by atoms with E-state index in [9.17, 15) is 8.78 Å². The van der Waals surface area contributed by atoms with Gasteiger partial charge in [0.05, 0.1) is 5.69 Å². The highest BCUT2D eigenvalue weighted by Gasteiger charge is 2.21. The van der Waals surface area contributed by atoms with E-state index in [4.69, 9.17) is 5.73 Å². The molecule has 1 heterocycles. The maximum absolute atomic E-state index is 12.5. The number of rotatable bonds is 6. The van der Waals surface area contributed by atoms with Crippen molar-refractivity contribution in [2.75, 3.05) is 0 Å². The van der Waals surface area contributed by atoms with Crippen molar-refractivity contribution in [2.24, 2.45) is 5.73 Å². The van der Waals surface area contributed by atoms with E-state index in [0.29, 0.717) is 6.42 Å². The smallest absolute Gasteiger partial charge is 0.257 e. The van der Waals surface area contributed by atoms with Gasteiger partial charge in [-0.2, -0.15) is 5.10 Å². The number of aryl methyl sites for hydroxylation is 1. The summed E-state index contributed by atoms with van der Waals surface area (Å²) in [6.45, 7) is 5.57. The summed E-state index contributed by atoms with van der Waals surface area (Å²) in [5.41, 5.74) is 8.74. The molecule has 0 fully saturated rings. The molecular weight excluding hydrogens is 224 g/mol. The first-order valence-electron chi connectivity index (χ1n) is 6.17. The number of alkyl halides is 2. The minimum Gasteiger partial charge on any atom is -0.324 e. The predicted molar refractivity (Wildman–Crippen MR) is 64.2 cm³/mol. The van der Waals surface area contributed by atoms with Crippen LogP contribution < -0.4 is 5.73 Å². The molecule has 0 aliphatic rings. The normalized spacial score (nSPS) is 13.4. The average molecular weight is 245 g/mol. The number of halogens is 2. The van der Waals surface area contributed by atoms with Gasteiger partial charge < -0.3 is 5.73 Å². The lowest BCUT2D eigenvalue weighted by Gasteiger charge is -2.12. The first-order valence-corrected chi connectivity index (χ1v) is 6.17. The van der Waals surface area contributed by atoms with Crippen LogP contribution in [-0.4, -0.2) is 16.2 Å². The molecule has 3 nitrogen and oxygen atoms in total. The molecule has 0 spiro atoms. The van der Waals surface area contributed by atoms with Crippen LogP contribution >= 0.6 is 0 Å². The zero-order valence-electron chi connectivity index (χ0n) is 10.7. The standard InChI is InChI=1S/C12H21F2N3/c1-4-8(15)12-9(5-2)16-17(7-11(13)14)10(12)6-3/h8,11H,4-7,15H2,1-3H3. The second-order valence-electron chi connectivity index (χ2n) is 4.10. The Kier molecular flexibility index (Phi) is 5.05. The third kappa shape index (κ3) is 3.03. The zero-order valence-corrected chi connectivity index (χ0v) is 10.7. The van der Waals surface area contributed by atoms with Gasteiger partial charge in [-0.05, 0) is 19.3 Å². The summed E-state index contributed by atoms with van der Waals surface area (Å²) in [6, 6.07) is -0.105. The molecule has 0 aliphatic heterocycles. The lowest BCUT2D eigenvalue weighted by Crippen LogP contribution is -2.15. The quantitative estimate of drug-likeness (QED) is 0.837. The molecular formula is C12H21F2N3. The first-order chi connectivity index (χ1) is 8.04. The summed E-state index contributed by atoms with van der Waals surface area (Å²) in [7, 11) is 0. The van der Waals surface area contributed by atoms with Crippen LogP contribution in [-0.2, 0) is 19.4 Å². The Morgan fingerprint density at radius 1 is 1.24 bits per heavy atom. The van der Waals surface area contributed by atoms with Crippen LogP contribution in [0.5, 0.6) is 0 Å². The third-order valence-electron chi connectivity index (χ3n) is 2.97. The fourth-order valence-corrected chi connectivity index (χ4v) is 2.11. The first kappa shape index (κ1) is 14.1. The van der Waals surface area contributed by atoms with E-state index < -0.39 is 6.43 Å². The molecule has 2 N–H and O–H groups in total. The van der Waals surface area contributed by atoms with E-state index in [2.05, 4.69) is 5.10 Å². The Morgan fingerprint density at radius 2 is 1.88 bits per heavy atom. The highest BCUT2D eigenvalue weighted by atomic mass is 19.3. The maximum Gasteiger partial charge on any atom is 0.257 e. The van der Waals surface area contributed by atoms with Gasteiger partial charge in [-0.1, -0.05) is 20.8 Å². The van der Waals surface area contributed by atoms with Crippen molar-refractivity contribution in [1.29, 1.82) is 0 Å². The van der Waals surface area contributed by atoms with E-state index in [1.54, 1.807) is 0 Å². The minimum absolute atomic E-state index is 0.105. The largest absolute Gasteiger partial charge is 0.324 e. The van der Waals surface area contributed by atoms with Crippen molar-refractivity contribution in [3.05, 3.63) is 17.0 Å². The van der Waals surface area contributed by atoms with Crippen molar-refractivity contribution in [2.45, 2.75) is 59.0 Å². The third-order valence-corrected chi connectivity index (χ3v) is 2.97. The summed E-state index contributed by atoms with van der Waals surface area (Å²) in [5.74, 6) is 0. The van der Waals surface area contributed by atoms with Gasteiger partial charge in [0.15, 0.2) is 0 Å². The molecule has 0 radical (unpaired) electrons. The summed E-state index contributed by atoms with van der Waals surface area (Å²) in [5, 5.41) is 4.27. The fourth-order valence-electron chi connectivity index (χ4n) is 2.11. The van der Waals surface area contributed by atoms with Crippen molar-refractivity contribution >= 4 is 0 Å². The SMILES string of the molecule is CCc1nn(CC(F)F)c(CC)c1C(N)CC. The van der Waals surface area contributed by atoms with Gasteiger partial charge in [-0.25, -0.2) is 8.78 Å². The number of hydrogen-bond donors (Lipinski definition) is 1. The van der Waals surface area contributed by atoms with Gasteiger partial charge in [0.1, 0.15) is 6.54 Å². The second-order valence-corrected chi connectivity index (χ2v) is 4.10. The molecule has 0 aliphatic carbocycles. The van der Waals surface area contributed by atoms with E-state index in [0.717, 1.165) is 29.8 Å². The highest BCUT2D eigenvalue weighted by Crippen LogP contribution is 2.24. The average Bonchev–Trinajstić information content (AvgIpc) is 2.64. The molecule has 0 aromatic carbocycles. The molecule has 17 heavy (non-hydrogen) atoms. The van der Waals surface area contributed by atoms with Gasteiger partial charge in [-0.15, -0.1) is 0 Å². The molecule has 0 amide bonds. The summed E-state index contributed by atoms with van der Waals surface area (Å²) >= 11 is 0. The Morgan fingerprint density at radius 3 is 2.29 bits per heavy atom. The zero-order chi connectivity index (χ0) is 13.0. The van der Waals surface area contributed by atoms with Gasteiger partial charge in [-0.3, -0.25) is 4.68 Å². The molecule has 5 heteroatoms. The number of nitrogens with two attached hydrogens (primary N) is 1. The Bertz CT molecular complexity index is 361. The lowest BCUT2D eigenvalue weighted by atomic mass is 10.00.